The zero-order valence-electron chi connectivity index (χ0n) is 16.0. The molecule has 3 unspecified atom stereocenters. The Morgan fingerprint density at radius 2 is 2.07 bits per heavy atom. The predicted molar refractivity (Wildman–Crippen MR) is 104 cm³/mol. The molecular weight excluding hydrogens is 385 g/mol. The molecule has 0 aliphatic carbocycles. The number of methoxy groups -OCH3 is 1. The highest BCUT2D eigenvalue weighted by atomic mass is 31.2. The van der Waals surface area contributed by atoms with Gasteiger partial charge < -0.3 is 23.5 Å². The predicted octanol–water partition coefficient (Wildman–Crippen LogP) is 1.83. The highest BCUT2D eigenvalue weighted by Crippen LogP contribution is 2.35. The Balaban J connectivity index is 1.87. The quantitative estimate of drug-likeness (QED) is 0.399. The van der Waals surface area contributed by atoms with Crippen molar-refractivity contribution in [1.82, 2.24) is 15.3 Å². The molecular formula is C18H26N3O6P. The van der Waals surface area contributed by atoms with Crippen LogP contribution >= 0.6 is 8.53 Å². The zero-order chi connectivity index (χ0) is 20.4. The van der Waals surface area contributed by atoms with Gasteiger partial charge in [-0.3, -0.25) is 10.1 Å². The maximum absolute atomic E-state index is 12.0. The number of nitrogens with zero attached hydrogens (tertiary/aromatic N) is 1. The molecule has 0 spiro atoms. The summed E-state index contributed by atoms with van der Waals surface area (Å²) in [5, 5.41) is 5.23. The second-order valence-corrected chi connectivity index (χ2v) is 7.50. The molecule has 1 aromatic carbocycles. The Morgan fingerprint density at radius 1 is 1.32 bits per heavy atom. The van der Waals surface area contributed by atoms with Crippen LogP contribution in [0.5, 0.6) is 5.75 Å². The first-order valence-corrected chi connectivity index (χ1v) is 10.2. The van der Waals surface area contributed by atoms with Crippen LogP contribution in [0.25, 0.3) is 0 Å². The van der Waals surface area contributed by atoms with Crippen molar-refractivity contribution in [2.75, 3.05) is 26.8 Å². The molecule has 154 valence electrons. The number of hydrogen-bond donors (Lipinski definition) is 2. The molecule has 28 heavy (non-hydrogen) atoms. The second kappa shape index (κ2) is 11.7. The van der Waals surface area contributed by atoms with Gasteiger partial charge in [-0.15, -0.1) is 0 Å². The van der Waals surface area contributed by atoms with Crippen molar-refractivity contribution >= 4 is 26.8 Å². The lowest BCUT2D eigenvalue weighted by atomic mass is 10.1. The Bertz CT molecular complexity index is 647. The van der Waals surface area contributed by atoms with Crippen molar-refractivity contribution in [3.8, 4) is 5.75 Å². The molecule has 0 bridgehead atoms. The second-order valence-electron chi connectivity index (χ2n) is 6.23. The smallest absolute Gasteiger partial charge is 0.324 e. The number of urea groups is 1. The molecule has 10 heteroatoms. The van der Waals surface area contributed by atoms with Crippen molar-refractivity contribution in [3.05, 3.63) is 30.3 Å². The van der Waals surface area contributed by atoms with E-state index in [1.54, 1.807) is 24.1 Å². The van der Waals surface area contributed by atoms with E-state index in [1.807, 2.05) is 25.1 Å². The maximum atomic E-state index is 12.0. The Hall–Kier alpha value is -2.06. The van der Waals surface area contributed by atoms with Crippen LogP contribution in [0.1, 0.15) is 19.8 Å². The average Bonchev–Trinajstić information content (AvgIpc) is 2.69. The van der Waals surface area contributed by atoms with Gasteiger partial charge in [0, 0.05) is 26.1 Å². The van der Waals surface area contributed by atoms with Gasteiger partial charge in [-0.05, 0) is 25.5 Å². The number of ether oxygens (including phenoxy) is 1. The van der Waals surface area contributed by atoms with Crippen LogP contribution in [0.15, 0.2) is 30.3 Å². The van der Waals surface area contributed by atoms with Gasteiger partial charge in [0.15, 0.2) is 0 Å². The average molecular weight is 411 g/mol. The number of para-hydroxylation sites is 1. The number of amides is 3. The monoisotopic (exact) mass is 411 g/mol. The third-order valence-electron chi connectivity index (χ3n) is 4.17. The molecule has 0 radical (unpaired) electrons. The fraction of sp³-hybridized carbons (Fsp3) is 0.500. The molecule has 2 N–H and O–H groups in total. The lowest BCUT2D eigenvalue weighted by molar-refractivity contribution is -0.121. The minimum absolute atomic E-state index is 0.106. The maximum Gasteiger partial charge on any atom is 0.324 e. The van der Waals surface area contributed by atoms with Crippen molar-refractivity contribution in [2.24, 2.45) is 0 Å². The topological polar surface area (TPSA) is 106 Å². The highest BCUT2D eigenvalue weighted by molar-refractivity contribution is 7.45. The van der Waals surface area contributed by atoms with E-state index in [4.69, 9.17) is 13.8 Å². The van der Waals surface area contributed by atoms with Crippen LogP contribution < -0.4 is 14.9 Å². The first-order valence-electron chi connectivity index (χ1n) is 9.00. The molecule has 3 atom stereocenters. The lowest BCUT2D eigenvalue weighted by Crippen LogP contribution is -2.53. The number of nitrogens with one attached hydrogen (secondary N) is 2. The van der Waals surface area contributed by atoms with Crippen LogP contribution in [0.2, 0.25) is 0 Å². The molecule has 2 rings (SSSR count). The van der Waals surface area contributed by atoms with Crippen molar-refractivity contribution in [2.45, 2.75) is 31.9 Å². The minimum atomic E-state index is -1.53. The van der Waals surface area contributed by atoms with E-state index in [2.05, 4.69) is 10.4 Å². The van der Waals surface area contributed by atoms with Gasteiger partial charge in [-0.2, -0.15) is 0 Å². The van der Waals surface area contributed by atoms with Crippen LogP contribution in [0.4, 0.5) is 4.79 Å². The molecule has 9 nitrogen and oxygen atoms in total. The first-order chi connectivity index (χ1) is 13.5. The van der Waals surface area contributed by atoms with Gasteiger partial charge in [0.25, 0.3) is 0 Å². The summed E-state index contributed by atoms with van der Waals surface area (Å²) in [7, 11) is 0.0350. The Morgan fingerprint density at radius 3 is 2.71 bits per heavy atom. The number of imide groups is 1. The van der Waals surface area contributed by atoms with Crippen molar-refractivity contribution in [1.29, 1.82) is 0 Å². The lowest BCUT2D eigenvalue weighted by Gasteiger charge is -2.33. The number of carbonyl (C=O) groups excluding carboxylic acids is 3. The number of benzene rings is 1. The fourth-order valence-corrected chi connectivity index (χ4v) is 3.73. The molecule has 1 aliphatic rings. The van der Waals surface area contributed by atoms with E-state index in [0.717, 1.165) is 6.29 Å². The Kier molecular flexibility index (Phi) is 9.30. The summed E-state index contributed by atoms with van der Waals surface area (Å²) in [6.45, 7) is 2.61. The summed E-state index contributed by atoms with van der Waals surface area (Å²) in [5.74, 6) is 0.369. The van der Waals surface area contributed by atoms with E-state index in [1.165, 1.54) is 0 Å². The molecule has 1 heterocycles. The van der Waals surface area contributed by atoms with Crippen LogP contribution in [-0.4, -0.2) is 62.1 Å². The fourth-order valence-electron chi connectivity index (χ4n) is 2.68. The van der Waals surface area contributed by atoms with Crippen LogP contribution in [-0.2, 0) is 18.8 Å². The molecule has 1 saturated heterocycles. The van der Waals surface area contributed by atoms with Crippen molar-refractivity contribution < 1.29 is 28.2 Å². The molecule has 1 aliphatic heterocycles. The number of carbonyl (C=O) groups is 3. The van der Waals surface area contributed by atoms with Crippen LogP contribution in [0, 0.1) is 0 Å². The number of hydrogen-bond acceptors (Lipinski definition) is 7. The SMILES string of the molecule is COC(COP(NCC=O)Oc1ccccc1)CC(C)N1CCC(=O)NC1=O. The summed E-state index contributed by atoms with van der Waals surface area (Å²) in [5.41, 5.74) is 0. The molecule has 1 fully saturated rings. The minimum Gasteiger partial charge on any atom is -0.436 e. The van der Waals surface area contributed by atoms with E-state index in [-0.39, 0.29) is 43.7 Å². The van der Waals surface area contributed by atoms with E-state index >= 15 is 0 Å². The summed E-state index contributed by atoms with van der Waals surface area (Å²) in [4.78, 5) is 35.5. The van der Waals surface area contributed by atoms with Gasteiger partial charge in [0.1, 0.15) is 12.0 Å². The first kappa shape index (κ1) is 22.2. The standard InChI is InChI=1S/C18H26N3O6P/c1-14(21-10-8-17(23)20-18(21)24)12-16(25-2)13-26-28(19-9-11-22)27-15-6-4-3-5-7-15/h3-7,11,14,16,19H,8-10,12-13H2,1-2H3,(H,20,23,24). The van der Waals surface area contributed by atoms with Gasteiger partial charge in [-0.1, -0.05) is 18.2 Å². The summed E-state index contributed by atoms with van der Waals surface area (Å²) >= 11 is 0. The van der Waals surface area contributed by atoms with E-state index < -0.39 is 8.53 Å². The van der Waals surface area contributed by atoms with E-state index in [0.29, 0.717) is 18.7 Å². The summed E-state index contributed by atoms with van der Waals surface area (Å²) in [6.07, 6.45) is 1.26. The summed E-state index contributed by atoms with van der Waals surface area (Å²) < 4.78 is 17.1. The summed E-state index contributed by atoms with van der Waals surface area (Å²) in [6, 6.07) is 8.64. The van der Waals surface area contributed by atoms with Crippen LogP contribution in [0.3, 0.4) is 0 Å². The van der Waals surface area contributed by atoms with Gasteiger partial charge in [0.05, 0.1) is 19.3 Å². The Labute approximate surface area is 165 Å². The molecule has 1 aromatic rings. The number of aldehydes is 1. The van der Waals surface area contributed by atoms with Gasteiger partial charge >= 0.3 is 14.6 Å². The van der Waals surface area contributed by atoms with Gasteiger partial charge in [0.2, 0.25) is 5.91 Å². The normalized spacial score (nSPS) is 17.6. The molecule has 3 amide bonds. The third kappa shape index (κ3) is 7.16. The number of rotatable bonds is 12. The third-order valence-corrected chi connectivity index (χ3v) is 5.37. The molecule has 0 aromatic heterocycles. The zero-order valence-corrected chi connectivity index (χ0v) is 16.9. The largest absolute Gasteiger partial charge is 0.436 e. The van der Waals surface area contributed by atoms with Crippen molar-refractivity contribution in [3.63, 3.8) is 0 Å². The van der Waals surface area contributed by atoms with E-state index in [9.17, 15) is 14.4 Å². The highest BCUT2D eigenvalue weighted by Gasteiger charge is 2.29. The van der Waals surface area contributed by atoms with Gasteiger partial charge in [-0.25, -0.2) is 9.88 Å². The molecule has 0 saturated carbocycles.